The lowest BCUT2D eigenvalue weighted by Gasteiger charge is -2.07. The highest BCUT2D eigenvalue weighted by Gasteiger charge is 2.04. The molecule has 0 bridgehead atoms. The number of aliphatic hydroxyl groups excluding tert-OH is 1. The van der Waals surface area contributed by atoms with E-state index in [4.69, 9.17) is 9.84 Å². The molecular weight excluding hydrogens is 208 g/mol. The van der Waals surface area contributed by atoms with Gasteiger partial charge in [-0.15, -0.1) is 0 Å². The van der Waals surface area contributed by atoms with Gasteiger partial charge in [0.15, 0.2) is 0 Å². The molecule has 4 heteroatoms. The van der Waals surface area contributed by atoms with E-state index in [9.17, 15) is 4.79 Å². The summed E-state index contributed by atoms with van der Waals surface area (Å²) in [6.45, 7) is 2.17. The molecule has 0 saturated carbocycles. The molecule has 1 aromatic rings. The first-order chi connectivity index (χ1) is 7.63. The number of ether oxygens (including phenoxy) is 2. The second-order valence-corrected chi connectivity index (χ2v) is 3.50. The van der Waals surface area contributed by atoms with Crippen molar-refractivity contribution in [3.05, 3.63) is 29.8 Å². The highest BCUT2D eigenvalue weighted by molar-refractivity contribution is 5.89. The molecule has 0 aromatic heterocycles. The minimum absolute atomic E-state index is 0.365. The molecule has 1 rings (SSSR count). The lowest BCUT2D eigenvalue weighted by atomic mass is 10.2. The summed E-state index contributed by atoms with van der Waals surface area (Å²) < 4.78 is 9.95. The third-order valence-electron chi connectivity index (χ3n) is 2.08. The Morgan fingerprint density at radius 3 is 2.50 bits per heavy atom. The number of esters is 1. The SMILES string of the molecule is COC(=O)c1ccc(OCCC(C)O)cc1. The molecule has 0 aliphatic carbocycles. The van der Waals surface area contributed by atoms with E-state index in [0.717, 1.165) is 0 Å². The van der Waals surface area contributed by atoms with E-state index in [1.54, 1.807) is 31.2 Å². The molecule has 0 fully saturated rings. The van der Waals surface area contributed by atoms with Crippen molar-refractivity contribution in [2.24, 2.45) is 0 Å². The lowest BCUT2D eigenvalue weighted by Crippen LogP contribution is -2.07. The first-order valence-corrected chi connectivity index (χ1v) is 5.12. The zero-order valence-corrected chi connectivity index (χ0v) is 9.47. The molecule has 0 aliphatic rings. The molecule has 4 nitrogen and oxygen atoms in total. The van der Waals surface area contributed by atoms with Crippen molar-refractivity contribution in [3.8, 4) is 5.75 Å². The van der Waals surface area contributed by atoms with Crippen LogP contribution in [0.1, 0.15) is 23.7 Å². The number of hydrogen-bond donors (Lipinski definition) is 1. The van der Waals surface area contributed by atoms with Crippen LogP contribution < -0.4 is 4.74 Å². The van der Waals surface area contributed by atoms with E-state index in [1.807, 2.05) is 0 Å². The summed E-state index contributed by atoms with van der Waals surface area (Å²) in [5.74, 6) is 0.309. The molecule has 16 heavy (non-hydrogen) atoms. The number of benzene rings is 1. The van der Waals surface area contributed by atoms with Crippen molar-refractivity contribution in [3.63, 3.8) is 0 Å². The van der Waals surface area contributed by atoms with Gasteiger partial charge in [-0.1, -0.05) is 0 Å². The molecule has 1 unspecified atom stereocenters. The number of methoxy groups -OCH3 is 1. The highest BCUT2D eigenvalue weighted by atomic mass is 16.5. The molecule has 1 aromatic carbocycles. The first kappa shape index (κ1) is 12.5. The number of hydrogen-bond acceptors (Lipinski definition) is 4. The second-order valence-electron chi connectivity index (χ2n) is 3.50. The van der Waals surface area contributed by atoms with Gasteiger partial charge < -0.3 is 14.6 Å². The van der Waals surface area contributed by atoms with Gasteiger partial charge in [-0.3, -0.25) is 0 Å². The normalized spacial score (nSPS) is 11.9. The number of carbonyl (C=O) groups excluding carboxylic acids is 1. The van der Waals surface area contributed by atoms with Crippen molar-refractivity contribution in [2.75, 3.05) is 13.7 Å². The molecule has 1 N–H and O–H groups in total. The summed E-state index contributed by atoms with van der Waals surface area (Å²) in [4.78, 5) is 11.1. The number of aliphatic hydroxyl groups is 1. The first-order valence-electron chi connectivity index (χ1n) is 5.12. The summed E-state index contributed by atoms with van der Waals surface area (Å²) in [5.41, 5.74) is 0.491. The standard InChI is InChI=1S/C12H16O4/c1-9(13)7-8-16-11-5-3-10(4-6-11)12(14)15-2/h3-6,9,13H,7-8H2,1-2H3. The topological polar surface area (TPSA) is 55.8 Å². The van der Waals surface area contributed by atoms with Gasteiger partial charge in [0.05, 0.1) is 25.4 Å². The van der Waals surface area contributed by atoms with Gasteiger partial charge in [0.25, 0.3) is 0 Å². The van der Waals surface area contributed by atoms with Crippen LogP contribution in [-0.2, 0) is 4.74 Å². The van der Waals surface area contributed by atoms with Crippen molar-refractivity contribution >= 4 is 5.97 Å². The quantitative estimate of drug-likeness (QED) is 0.772. The largest absolute Gasteiger partial charge is 0.493 e. The molecule has 0 radical (unpaired) electrons. The summed E-state index contributed by atoms with van der Waals surface area (Å²) in [5, 5.41) is 9.04. The van der Waals surface area contributed by atoms with Crippen LogP contribution in [0.2, 0.25) is 0 Å². The van der Waals surface area contributed by atoms with Crippen LogP contribution in [0.4, 0.5) is 0 Å². The van der Waals surface area contributed by atoms with Gasteiger partial charge in [-0.05, 0) is 31.2 Å². The zero-order valence-electron chi connectivity index (χ0n) is 9.47. The van der Waals surface area contributed by atoms with Crippen molar-refractivity contribution in [2.45, 2.75) is 19.4 Å². The van der Waals surface area contributed by atoms with Crippen LogP contribution in [0.15, 0.2) is 24.3 Å². The number of rotatable bonds is 5. The molecule has 0 amide bonds. The van der Waals surface area contributed by atoms with Gasteiger partial charge in [0, 0.05) is 6.42 Å². The molecular formula is C12H16O4. The Labute approximate surface area is 94.8 Å². The summed E-state index contributed by atoms with van der Waals surface area (Å²) in [6.07, 6.45) is 0.216. The predicted octanol–water partition coefficient (Wildman–Crippen LogP) is 1.62. The van der Waals surface area contributed by atoms with Crippen LogP contribution in [0.3, 0.4) is 0 Å². The zero-order chi connectivity index (χ0) is 12.0. The Balaban J connectivity index is 2.48. The van der Waals surface area contributed by atoms with Crippen LogP contribution in [0.5, 0.6) is 5.75 Å². The minimum Gasteiger partial charge on any atom is -0.493 e. The van der Waals surface area contributed by atoms with Crippen LogP contribution >= 0.6 is 0 Å². The lowest BCUT2D eigenvalue weighted by molar-refractivity contribution is 0.0600. The number of carbonyl (C=O) groups is 1. The van der Waals surface area contributed by atoms with Crippen molar-refractivity contribution in [1.82, 2.24) is 0 Å². The Morgan fingerprint density at radius 2 is 2.00 bits per heavy atom. The van der Waals surface area contributed by atoms with E-state index in [-0.39, 0.29) is 12.1 Å². The summed E-state index contributed by atoms with van der Waals surface area (Å²) in [6, 6.07) is 6.69. The average molecular weight is 224 g/mol. The third kappa shape index (κ3) is 3.90. The van der Waals surface area contributed by atoms with Crippen LogP contribution in [0.25, 0.3) is 0 Å². The average Bonchev–Trinajstić information content (AvgIpc) is 2.28. The van der Waals surface area contributed by atoms with Crippen LogP contribution in [-0.4, -0.2) is 30.9 Å². The Morgan fingerprint density at radius 1 is 1.38 bits per heavy atom. The molecule has 88 valence electrons. The Hall–Kier alpha value is -1.55. The summed E-state index contributed by atoms with van der Waals surface area (Å²) in [7, 11) is 1.34. The van der Waals surface area contributed by atoms with Gasteiger partial charge in [0.2, 0.25) is 0 Å². The van der Waals surface area contributed by atoms with E-state index in [2.05, 4.69) is 4.74 Å². The van der Waals surface area contributed by atoms with E-state index >= 15 is 0 Å². The highest BCUT2D eigenvalue weighted by Crippen LogP contribution is 2.13. The molecule has 1 atom stereocenters. The van der Waals surface area contributed by atoms with Crippen LogP contribution in [0, 0.1) is 0 Å². The maximum absolute atomic E-state index is 11.1. The maximum atomic E-state index is 11.1. The fourth-order valence-corrected chi connectivity index (χ4v) is 1.15. The van der Waals surface area contributed by atoms with Gasteiger partial charge in [-0.25, -0.2) is 4.79 Å². The molecule has 0 spiro atoms. The fraction of sp³-hybridized carbons (Fsp3) is 0.417. The smallest absolute Gasteiger partial charge is 0.337 e. The molecule has 0 aliphatic heterocycles. The monoisotopic (exact) mass is 224 g/mol. The van der Waals surface area contributed by atoms with Gasteiger partial charge in [-0.2, -0.15) is 0 Å². The van der Waals surface area contributed by atoms with E-state index in [0.29, 0.717) is 24.3 Å². The molecule has 0 saturated heterocycles. The maximum Gasteiger partial charge on any atom is 0.337 e. The summed E-state index contributed by atoms with van der Waals surface area (Å²) >= 11 is 0. The van der Waals surface area contributed by atoms with Crippen molar-refractivity contribution in [1.29, 1.82) is 0 Å². The second kappa shape index (κ2) is 6.12. The fourth-order valence-electron chi connectivity index (χ4n) is 1.15. The van der Waals surface area contributed by atoms with Gasteiger partial charge >= 0.3 is 5.97 Å². The predicted molar refractivity (Wildman–Crippen MR) is 59.6 cm³/mol. The van der Waals surface area contributed by atoms with Crippen molar-refractivity contribution < 1.29 is 19.4 Å². The Kier molecular flexibility index (Phi) is 4.79. The Bertz CT molecular complexity index is 329. The van der Waals surface area contributed by atoms with E-state index in [1.165, 1.54) is 7.11 Å². The van der Waals surface area contributed by atoms with E-state index < -0.39 is 0 Å². The molecule has 0 heterocycles. The third-order valence-corrected chi connectivity index (χ3v) is 2.08. The minimum atomic E-state index is -0.366. The van der Waals surface area contributed by atoms with Gasteiger partial charge in [0.1, 0.15) is 5.75 Å².